The summed E-state index contributed by atoms with van der Waals surface area (Å²) in [4.78, 5) is 29.8. The zero-order valence-corrected chi connectivity index (χ0v) is 27.8. The molecular formula is C35H38BrN3O4S. The van der Waals surface area contributed by atoms with Crippen molar-refractivity contribution in [3.8, 4) is 0 Å². The number of amides is 2. The quantitative estimate of drug-likeness (QED) is 0.188. The Labute approximate surface area is 269 Å². The highest BCUT2D eigenvalue weighted by Gasteiger charge is 2.34. The molecule has 0 heterocycles. The van der Waals surface area contributed by atoms with E-state index in [0.717, 1.165) is 31.0 Å². The maximum absolute atomic E-state index is 14.4. The fourth-order valence-corrected chi connectivity index (χ4v) is 6.48. The molecule has 2 amide bonds. The first-order valence-electron chi connectivity index (χ1n) is 14.5. The van der Waals surface area contributed by atoms with Crippen molar-refractivity contribution < 1.29 is 18.0 Å². The molecule has 0 saturated carbocycles. The SMILES string of the molecule is Cc1ccc(CN(C(=O)CN(c2ccc(Br)cc2)S(=O)(=O)c2ccc(C)cc2)C(Cc2ccccc2)C(=O)NC(C)C)cc1. The van der Waals surface area contributed by atoms with Crippen molar-refractivity contribution in [1.82, 2.24) is 10.2 Å². The van der Waals surface area contributed by atoms with Crippen LogP contribution in [0.3, 0.4) is 0 Å². The number of aryl methyl sites for hydroxylation is 2. The van der Waals surface area contributed by atoms with Crippen LogP contribution in [0.15, 0.2) is 112 Å². The minimum Gasteiger partial charge on any atom is -0.352 e. The lowest BCUT2D eigenvalue weighted by molar-refractivity contribution is -0.140. The fraction of sp³-hybridized carbons (Fsp3) is 0.257. The molecule has 0 spiro atoms. The van der Waals surface area contributed by atoms with E-state index in [9.17, 15) is 18.0 Å². The molecule has 0 aromatic heterocycles. The summed E-state index contributed by atoms with van der Waals surface area (Å²) in [6.45, 7) is 7.22. The predicted octanol–water partition coefficient (Wildman–Crippen LogP) is 6.43. The third kappa shape index (κ3) is 8.57. The van der Waals surface area contributed by atoms with Gasteiger partial charge in [-0.15, -0.1) is 0 Å². The van der Waals surface area contributed by atoms with Crippen molar-refractivity contribution in [2.45, 2.75) is 57.6 Å². The number of nitrogens with zero attached hydrogens (tertiary/aromatic N) is 2. The van der Waals surface area contributed by atoms with Crippen LogP contribution in [-0.4, -0.2) is 43.8 Å². The zero-order valence-electron chi connectivity index (χ0n) is 25.4. The minimum absolute atomic E-state index is 0.0716. The summed E-state index contributed by atoms with van der Waals surface area (Å²) in [5, 5.41) is 2.98. The molecule has 230 valence electrons. The lowest BCUT2D eigenvalue weighted by atomic mass is 10.0. The van der Waals surface area contributed by atoms with Gasteiger partial charge in [0.05, 0.1) is 10.6 Å². The Balaban J connectivity index is 1.79. The first kappa shape index (κ1) is 33.0. The Morgan fingerprint density at radius 2 is 1.34 bits per heavy atom. The monoisotopic (exact) mass is 675 g/mol. The van der Waals surface area contributed by atoms with E-state index in [1.807, 2.05) is 82.3 Å². The molecule has 4 aromatic rings. The predicted molar refractivity (Wildman–Crippen MR) is 179 cm³/mol. The molecule has 0 aliphatic rings. The standard InChI is InChI=1S/C35H38BrN3O4S/c1-25(2)37-35(41)33(22-28-8-6-5-7-9-28)38(23-29-14-10-26(3)11-15-29)34(40)24-39(31-18-16-30(36)17-19-31)44(42,43)32-20-12-27(4)13-21-32/h5-21,25,33H,22-24H2,1-4H3,(H,37,41). The Kier molecular flexibility index (Phi) is 11.0. The summed E-state index contributed by atoms with van der Waals surface area (Å²) in [7, 11) is -4.14. The number of sulfonamides is 1. The van der Waals surface area contributed by atoms with Crippen molar-refractivity contribution in [2.24, 2.45) is 0 Å². The number of benzene rings is 4. The molecule has 0 saturated heterocycles. The van der Waals surface area contributed by atoms with E-state index in [2.05, 4.69) is 21.2 Å². The molecule has 0 bridgehead atoms. The third-order valence-electron chi connectivity index (χ3n) is 7.18. The second-order valence-corrected chi connectivity index (χ2v) is 14.0. The highest BCUT2D eigenvalue weighted by atomic mass is 79.9. The second kappa shape index (κ2) is 14.7. The van der Waals surface area contributed by atoms with E-state index >= 15 is 0 Å². The maximum Gasteiger partial charge on any atom is 0.264 e. The molecule has 4 aromatic carbocycles. The molecule has 1 atom stereocenters. The van der Waals surface area contributed by atoms with E-state index in [4.69, 9.17) is 0 Å². The molecule has 4 rings (SSSR count). The molecule has 1 N–H and O–H groups in total. The molecule has 1 unspecified atom stereocenters. The average Bonchev–Trinajstić information content (AvgIpc) is 2.99. The van der Waals surface area contributed by atoms with Crippen LogP contribution in [0, 0.1) is 13.8 Å². The first-order chi connectivity index (χ1) is 20.9. The van der Waals surface area contributed by atoms with Crippen LogP contribution in [0.4, 0.5) is 5.69 Å². The van der Waals surface area contributed by atoms with E-state index in [-0.39, 0.29) is 29.8 Å². The molecule has 9 heteroatoms. The Hall–Kier alpha value is -3.95. The minimum atomic E-state index is -4.14. The molecule has 7 nitrogen and oxygen atoms in total. The van der Waals surface area contributed by atoms with E-state index in [1.54, 1.807) is 48.5 Å². The van der Waals surface area contributed by atoms with Crippen LogP contribution < -0.4 is 9.62 Å². The molecule has 0 aliphatic heterocycles. The molecule has 44 heavy (non-hydrogen) atoms. The third-order valence-corrected chi connectivity index (χ3v) is 9.49. The second-order valence-electron chi connectivity index (χ2n) is 11.2. The highest BCUT2D eigenvalue weighted by molar-refractivity contribution is 9.10. The number of nitrogens with one attached hydrogen (secondary N) is 1. The zero-order chi connectivity index (χ0) is 31.9. The van der Waals surface area contributed by atoms with Crippen LogP contribution in [0.1, 0.15) is 36.1 Å². The van der Waals surface area contributed by atoms with Crippen molar-refractivity contribution in [2.75, 3.05) is 10.8 Å². The summed E-state index contributed by atoms with van der Waals surface area (Å²) in [5.74, 6) is -0.801. The number of anilines is 1. The smallest absolute Gasteiger partial charge is 0.264 e. The van der Waals surface area contributed by atoms with Gasteiger partial charge in [0.25, 0.3) is 10.0 Å². The number of rotatable bonds is 12. The van der Waals surface area contributed by atoms with Gasteiger partial charge >= 0.3 is 0 Å². The number of carbonyl (C=O) groups excluding carboxylic acids is 2. The number of hydrogen-bond donors (Lipinski definition) is 1. The molecule has 0 radical (unpaired) electrons. The Morgan fingerprint density at radius 3 is 1.91 bits per heavy atom. The van der Waals surface area contributed by atoms with Gasteiger partial charge in [0.1, 0.15) is 12.6 Å². The van der Waals surface area contributed by atoms with Crippen LogP contribution in [0.2, 0.25) is 0 Å². The summed E-state index contributed by atoms with van der Waals surface area (Å²) in [6, 6.07) is 29.5. The van der Waals surface area contributed by atoms with Crippen molar-refractivity contribution in [3.63, 3.8) is 0 Å². The van der Waals surface area contributed by atoms with Crippen molar-refractivity contribution in [1.29, 1.82) is 0 Å². The van der Waals surface area contributed by atoms with Gasteiger partial charge in [0.15, 0.2) is 0 Å². The van der Waals surface area contributed by atoms with Crippen molar-refractivity contribution >= 4 is 43.5 Å². The lowest BCUT2D eigenvalue weighted by Crippen LogP contribution is -2.54. The van der Waals surface area contributed by atoms with Gasteiger partial charge in [-0.1, -0.05) is 93.8 Å². The summed E-state index contributed by atoms with van der Waals surface area (Å²) in [5.41, 5.74) is 4.03. The largest absolute Gasteiger partial charge is 0.352 e. The average molecular weight is 677 g/mol. The fourth-order valence-electron chi connectivity index (χ4n) is 4.80. The van der Waals surface area contributed by atoms with Gasteiger partial charge in [-0.25, -0.2) is 8.42 Å². The Morgan fingerprint density at radius 1 is 0.773 bits per heavy atom. The highest BCUT2D eigenvalue weighted by Crippen LogP contribution is 2.27. The first-order valence-corrected chi connectivity index (χ1v) is 16.7. The topological polar surface area (TPSA) is 86.8 Å². The molecule has 0 fully saturated rings. The van der Waals surface area contributed by atoms with E-state index in [0.29, 0.717) is 5.69 Å². The number of carbonyl (C=O) groups is 2. The number of halogens is 1. The normalized spacial score (nSPS) is 12.0. The summed E-state index contributed by atoms with van der Waals surface area (Å²) >= 11 is 3.41. The van der Waals surface area contributed by atoms with E-state index in [1.165, 1.54) is 4.90 Å². The van der Waals surface area contributed by atoms with Gasteiger partial charge < -0.3 is 10.2 Å². The van der Waals surface area contributed by atoms with Gasteiger partial charge in [-0.3, -0.25) is 13.9 Å². The maximum atomic E-state index is 14.4. The summed E-state index contributed by atoms with van der Waals surface area (Å²) < 4.78 is 30.1. The van der Waals surface area contributed by atoms with Gasteiger partial charge in [0.2, 0.25) is 11.8 Å². The summed E-state index contributed by atoms with van der Waals surface area (Å²) in [6.07, 6.45) is 0.264. The van der Waals surface area contributed by atoms with Crippen LogP contribution in [0.5, 0.6) is 0 Å². The lowest BCUT2D eigenvalue weighted by Gasteiger charge is -2.34. The number of hydrogen-bond acceptors (Lipinski definition) is 4. The molecular weight excluding hydrogens is 638 g/mol. The van der Waals surface area contributed by atoms with E-state index < -0.39 is 28.5 Å². The van der Waals surface area contributed by atoms with Crippen LogP contribution >= 0.6 is 15.9 Å². The van der Waals surface area contributed by atoms with Crippen molar-refractivity contribution in [3.05, 3.63) is 130 Å². The molecule has 0 aliphatic carbocycles. The van der Waals surface area contributed by atoms with Gasteiger partial charge in [-0.05, 0) is 75.2 Å². The van der Waals surface area contributed by atoms with Crippen LogP contribution in [0.25, 0.3) is 0 Å². The van der Waals surface area contributed by atoms with Gasteiger partial charge in [0, 0.05) is 23.5 Å². The van der Waals surface area contributed by atoms with Gasteiger partial charge in [-0.2, -0.15) is 0 Å². The van der Waals surface area contributed by atoms with Crippen LogP contribution in [-0.2, 0) is 32.6 Å². The Bertz CT molecular complexity index is 1660.